The van der Waals surface area contributed by atoms with Crippen LogP contribution in [0.25, 0.3) is 67.3 Å². The molecule has 1 aliphatic heterocycles. The molecule has 2 heterocycles. The quantitative estimate of drug-likeness (QED) is 0.176. The molecule has 3 heteroatoms. The molecule has 0 radical (unpaired) electrons. The van der Waals surface area contributed by atoms with Crippen molar-refractivity contribution >= 4 is 11.8 Å². The molecule has 0 unspecified atom stereocenters. The summed E-state index contributed by atoms with van der Waals surface area (Å²) in [4.78, 5) is 13.2. The van der Waals surface area contributed by atoms with Crippen LogP contribution < -0.4 is 0 Å². The topological polar surface area (TPSA) is 25.8 Å². The molecule has 0 saturated carbocycles. The Bertz CT molecular complexity index is 2910. The summed E-state index contributed by atoms with van der Waals surface area (Å²) in [6.45, 7) is 0. The predicted octanol–water partition coefficient (Wildman–Crippen LogP) is 13.6. The highest BCUT2D eigenvalue weighted by molar-refractivity contribution is 7.99. The monoisotopic (exact) mass is 730 g/mol. The Morgan fingerprint density at radius 2 is 0.821 bits per heavy atom. The van der Waals surface area contributed by atoms with Gasteiger partial charge in [0.05, 0.1) is 16.8 Å². The number of hydrogen-bond donors (Lipinski definition) is 0. The lowest BCUT2D eigenvalue weighted by molar-refractivity contribution is 0.724. The highest BCUT2D eigenvalue weighted by Gasteiger charge is 2.51. The summed E-state index contributed by atoms with van der Waals surface area (Å²) in [5.41, 5.74) is 17.0. The summed E-state index contributed by atoms with van der Waals surface area (Å²) in [7, 11) is 0. The van der Waals surface area contributed by atoms with Gasteiger partial charge in [0, 0.05) is 26.5 Å². The van der Waals surface area contributed by atoms with E-state index in [0.29, 0.717) is 5.82 Å². The first kappa shape index (κ1) is 32.6. The Hall–Kier alpha value is -6.81. The zero-order valence-electron chi connectivity index (χ0n) is 30.4. The summed E-state index contributed by atoms with van der Waals surface area (Å²) in [5, 5.41) is 0. The van der Waals surface area contributed by atoms with Gasteiger partial charge in [-0.25, -0.2) is 9.97 Å². The molecule has 0 amide bonds. The third kappa shape index (κ3) is 5.05. The minimum atomic E-state index is -0.477. The Morgan fingerprint density at radius 1 is 0.321 bits per heavy atom. The number of rotatable bonds is 5. The Kier molecular flexibility index (Phi) is 7.68. The highest BCUT2D eigenvalue weighted by Crippen LogP contribution is 2.63. The van der Waals surface area contributed by atoms with Crippen molar-refractivity contribution in [2.24, 2.45) is 0 Å². The molecule has 56 heavy (non-hydrogen) atoms. The fraction of sp³-hybridized carbons (Fsp3) is 0.0189. The average molecular weight is 731 g/mol. The van der Waals surface area contributed by atoms with Gasteiger partial charge in [-0.05, 0) is 79.9 Å². The lowest BCUT2D eigenvalue weighted by Crippen LogP contribution is -2.32. The number of benzene rings is 8. The van der Waals surface area contributed by atoms with Gasteiger partial charge in [-0.3, -0.25) is 0 Å². The molecule has 0 fully saturated rings. The van der Waals surface area contributed by atoms with Crippen molar-refractivity contribution in [1.82, 2.24) is 9.97 Å². The second kappa shape index (κ2) is 13.2. The van der Waals surface area contributed by atoms with Crippen LogP contribution in [0, 0.1) is 0 Å². The fourth-order valence-corrected chi connectivity index (χ4v) is 10.3. The van der Waals surface area contributed by atoms with E-state index in [2.05, 4.69) is 200 Å². The zero-order chi connectivity index (χ0) is 37.1. The van der Waals surface area contributed by atoms with Crippen LogP contribution in [0.4, 0.5) is 0 Å². The van der Waals surface area contributed by atoms with Gasteiger partial charge in [-0.2, -0.15) is 0 Å². The zero-order valence-corrected chi connectivity index (χ0v) is 31.2. The van der Waals surface area contributed by atoms with Crippen LogP contribution in [-0.2, 0) is 5.41 Å². The largest absolute Gasteiger partial charge is 0.228 e. The molecule has 0 saturated heterocycles. The number of aromatic nitrogens is 2. The van der Waals surface area contributed by atoms with E-state index in [1.807, 2.05) is 17.8 Å². The van der Waals surface area contributed by atoms with Gasteiger partial charge < -0.3 is 0 Å². The summed E-state index contributed by atoms with van der Waals surface area (Å²) >= 11 is 1.88. The van der Waals surface area contributed by atoms with Crippen LogP contribution in [-0.4, -0.2) is 9.97 Å². The Balaban J connectivity index is 1.13. The molecule has 11 rings (SSSR count). The van der Waals surface area contributed by atoms with Gasteiger partial charge in [0.1, 0.15) is 0 Å². The Labute approximate surface area is 331 Å². The normalized spacial score (nSPS) is 13.1. The molecular formula is C53H34N2S. The summed E-state index contributed by atoms with van der Waals surface area (Å²) in [6, 6.07) is 74.3. The lowest BCUT2D eigenvalue weighted by Gasteiger charge is -2.41. The average Bonchev–Trinajstić information content (AvgIpc) is 3.57. The Morgan fingerprint density at radius 3 is 1.55 bits per heavy atom. The van der Waals surface area contributed by atoms with E-state index in [1.54, 1.807) is 0 Å². The fourth-order valence-electron chi connectivity index (χ4n) is 9.03. The van der Waals surface area contributed by atoms with Gasteiger partial charge in [0.25, 0.3) is 0 Å². The van der Waals surface area contributed by atoms with Crippen molar-refractivity contribution in [2.75, 3.05) is 0 Å². The van der Waals surface area contributed by atoms with Crippen molar-refractivity contribution in [3.8, 4) is 67.3 Å². The minimum Gasteiger partial charge on any atom is -0.228 e. The van der Waals surface area contributed by atoms with Gasteiger partial charge in [0.2, 0.25) is 0 Å². The lowest BCUT2D eigenvalue weighted by atomic mass is 9.65. The third-order valence-corrected chi connectivity index (χ3v) is 12.5. The van der Waals surface area contributed by atoms with E-state index < -0.39 is 5.41 Å². The van der Waals surface area contributed by atoms with Crippen molar-refractivity contribution in [1.29, 1.82) is 0 Å². The third-order valence-electron chi connectivity index (χ3n) is 11.4. The maximum absolute atomic E-state index is 5.35. The van der Waals surface area contributed by atoms with E-state index in [1.165, 1.54) is 48.7 Å². The molecule has 2 nitrogen and oxygen atoms in total. The van der Waals surface area contributed by atoms with Crippen LogP contribution in [0.15, 0.2) is 216 Å². The number of fused-ring (bicyclic) bond motifs is 9. The smallest absolute Gasteiger partial charge is 0.160 e. The van der Waals surface area contributed by atoms with Crippen LogP contribution in [0.3, 0.4) is 0 Å². The van der Waals surface area contributed by atoms with Gasteiger partial charge in [0.15, 0.2) is 5.82 Å². The van der Waals surface area contributed by atoms with Crippen molar-refractivity contribution < 1.29 is 0 Å². The molecule has 9 aromatic rings. The summed E-state index contributed by atoms with van der Waals surface area (Å²) < 4.78 is 0. The van der Waals surface area contributed by atoms with Crippen molar-refractivity contribution in [2.45, 2.75) is 15.2 Å². The SMILES string of the molecule is c1ccc(-c2cc(-c3ccccc3-c3ccccc3)nc(-c3cccc(-c4cccc5c4C4(c6ccccc6S5)c5ccccc5-c5ccccc54)c3)n2)cc1. The number of hydrogen-bond acceptors (Lipinski definition) is 3. The maximum Gasteiger partial charge on any atom is 0.160 e. The van der Waals surface area contributed by atoms with Crippen LogP contribution >= 0.6 is 11.8 Å². The standard InChI is InChI=1S/C53H34N2S/c1-3-17-35(18-4-1)39-23-7-8-26-43(39)48-34-47(36-19-5-2-6-20-36)54-52(55-48)38-22-15-21-37(33-38)40-27-16-32-50-51(40)53(46-30-13-14-31-49(46)56-50)44-28-11-9-24-41(44)42-25-10-12-29-45(42)53/h1-34H. The molecule has 0 N–H and O–H groups in total. The van der Waals surface area contributed by atoms with Crippen LogP contribution in [0.1, 0.15) is 22.3 Å². The molecule has 0 bridgehead atoms. The van der Waals surface area contributed by atoms with E-state index in [-0.39, 0.29) is 0 Å². The number of nitrogens with zero attached hydrogens (tertiary/aromatic N) is 2. The van der Waals surface area contributed by atoms with E-state index in [9.17, 15) is 0 Å². The molecule has 8 aromatic carbocycles. The minimum absolute atomic E-state index is 0.477. The highest BCUT2D eigenvalue weighted by atomic mass is 32.2. The first-order chi connectivity index (χ1) is 27.8. The summed E-state index contributed by atoms with van der Waals surface area (Å²) in [5.74, 6) is 0.696. The van der Waals surface area contributed by atoms with Crippen LogP contribution in [0.2, 0.25) is 0 Å². The molecule has 2 aliphatic rings. The maximum atomic E-state index is 5.35. The first-order valence-corrected chi connectivity index (χ1v) is 19.9. The van der Waals surface area contributed by atoms with E-state index >= 15 is 0 Å². The summed E-state index contributed by atoms with van der Waals surface area (Å²) in [6.07, 6.45) is 0. The van der Waals surface area contributed by atoms with Gasteiger partial charge in [-0.1, -0.05) is 194 Å². The molecule has 1 aliphatic carbocycles. The molecule has 0 atom stereocenters. The van der Waals surface area contributed by atoms with Crippen molar-refractivity contribution in [3.63, 3.8) is 0 Å². The molecule has 1 spiro atoms. The van der Waals surface area contributed by atoms with E-state index in [0.717, 1.165) is 44.8 Å². The van der Waals surface area contributed by atoms with E-state index in [4.69, 9.17) is 9.97 Å². The van der Waals surface area contributed by atoms with Crippen molar-refractivity contribution in [3.05, 3.63) is 229 Å². The van der Waals surface area contributed by atoms with Gasteiger partial charge >= 0.3 is 0 Å². The predicted molar refractivity (Wildman–Crippen MR) is 231 cm³/mol. The first-order valence-electron chi connectivity index (χ1n) is 19.1. The second-order valence-electron chi connectivity index (χ2n) is 14.4. The van der Waals surface area contributed by atoms with Crippen LogP contribution in [0.5, 0.6) is 0 Å². The molecule has 262 valence electrons. The molecular weight excluding hydrogens is 697 g/mol. The second-order valence-corrected chi connectivity index (χ2v) is 15.5. The molecule has 1 aromatic heterocycles. The van der Waals surface area contributed by atoms with Gasteiger partial charge in [-0.15, -0.1) is 0 Å².